The maximum absolute atomic E-state index is 10.7. The van der Waals surface area contributed by atoms with Gasteiger partial charge in [-0.2, -0.15) is 0 Å². The molecule has 0 aromatic rings. The van der Waals surface area contributed by atoms with Gasteiger partial charge < -0.3 is 10.2 Å². The second kappa shape index (κ2) is 22.6. The molecule has 1 unspecified atom stereocenters. The maximum atomic E-state index is 10.7. The normalized spacial score (nSPS) is 11.3. The summed E-state index contributed by atoms with van der Waals surface area (Å²) in [4.78, 5) is 21.0. The van der Waals surface area contributed by atoms with Crippen molar-refractivity contribution in [3.05, 3.63) is 0 Å². The first-order chi connectivity index (χ1) is 11.5. The molecule has 0 amide bonds. The van der Waals surface area contributed by atoms with E-state index in [-0.39, 0.29) is 30.7 Å². The zero-order valence-corrected chi connectivity index (χ0v) is 18.1. The molecular weight excluding hydrogens is 375 g/mol. The van der Waals surface area contributed by atoms with Crippen molar-refractivity contribution in [1.29, 1.82) is 0 Å². The molecule has 26 heavy (non-hydrogen) atoms. The van der Waals surface area contributed by atoms with Crippen molar-refractivity contribution in [2.45, 2.75) is 110 Å². The summed E-state index contributed by atoms with van der Waals surface area (Å²) >= 11 is 0. The molecule has 0 aliphatic carbocycles. The van der Waals surface area contributed by atoms with Crippen LogP contribution in [0.3, 0.4) is 0 Å². The highest BCUT2D eigenvalue weighted by Gasteiger charge is 2.09. The quantitative estimate of drug-likeness (QED) is 0.239. The summed E-state index contributed by atoms with van der Waals surface area (Å²) in [6, 6.07) is 0. The molecule has 0 rings (SSSR count). The van der Waals surface area contributed by atoms with Crippen molar-refractivity contribution in [2.75, 3.05) is 0 Å². The van der Waals surface area contributed by atoms with E-state index >= 15 is 0 Å². The Kier molecular flexibility index (Phi) is 26.3. The molecule has 1 atom stereocenters. The van der Waals surface area contributed by atoms with Crippen molar-refractivity contribution in [1.82, 2.24) is 0 Å². The first kappa shape index (κ1) is 30.3. The van der Waals surface area contributed by atoms with Gasteiger partial charge in [0.15, 0.2) is 0 Å². The smallest absolute Gasteiger partial charge is 0.306 e. The van der Waals surface area contributed by atoms with Crippen LogP contribution < -0.4 is 0 Å². The summed E-state index contributed by atoms with van der Waals surface area (Å²) in [7, 11) is 0. The number of unbranched alkanes of at least 4 members (excludes halogenated alkanes) is 13. The fourth-order valence-corrected chi connectivity index (χ4v) is 2.97. The van der Waals surface area contributed by atoms with Gasteiger partial charge in [-0.1, -0.05) is 90.4 Å². The van der Waals surface area contributed by atoms with Crippen molar-refractivity contribution in [3.63, 3.8) is 0 Å². The van der Waals surface area contributed by atoms with E-state index in [0.717, 1.165) is 25.7 Å². The molecule has 158 valence electrons. The molecule has 0 radical (unpaired) electrons. The van der Waals surface area contributed by atoms with E-state index in [0.29, 0.717) is 6.42 Å². The van der Waals surface area contributed by atoms with Crippen LogP contribution >= 0.6 is 24.8 Å². The number of halogens is 2. The number of carboxylic acid groups (broad SMARTS) is 2. The second-order valence-corrected chi connectivity index (χ2v) is 7.12. The standard InChI is InChI=1S/C20H38O4.2ClH/c1-18(20(23)24)16-14-12-10-8-6-4-2-3-5-7-9-11-13-15-17-19(21)22;;/h18H,2-17H2,1H3,(H,21,22)(H,23,24);2*1H. The Labute approximate surface area is 172 Å². The number of carbonyl (C=O) groups is 2. The molecule has 4 nitrogen and oxygen atoms in total. The van der Waals surface area contributed by atoms with E-state index < -0.39 is 11.9 Å². The highest BCUT2D eigenvalue weighted by atomic mass is 35.5. The Bertz CT molecular complexity index is 325. The third-order valence-electron chi connectivity index (χ3n) is 4.70. The van der Waals surface area contributed by atoms with Crippen LogP contribution in [0.4, 0.5) is 0 Å². The third-order valence-corrected chi connectivity index (χ3v) is 4.70. The van der Waals surface area contributed by atoms with Gasteiger partial charge in [0, 0.05) is 6.42 Å². The summed E-state index contributed by atoms with van der Waals surface area (Å²) in [5.74, 6) is -1.54. The van der Waals surface area contributed by atoms with Gasteiger partial charge in [0.1, 0.15) is 0 Å². The van der Waals surface area contributed by atoms with Gasteiger partial charge in [-0.3, -0.25) is 9.59 Å². The lowest BCUT2D eigenvalue weighted by Gasteiger charge is -2.05. The lowest BCUT2D eigenvalue weighted by atomic mass is 10.0. The topological polar surface area (TPSA) is 74.6 Å². The predicted molar refractivity (Wildman–Crippen MR) is 113 cm³/mol. The third kappa shape index (κ3) is 23.5. The zero-order chi connectivity index (χ0) is 18.0. The molecule has 0 aliphatic rings. The Morgan fingerprint density at radius 2 is 0.923 bits per heavy atom. The molecule has 0 fully saturated rings. The Morgan fingerprint density at radius 3 is 1.23 bits per heavy atom. The molecule has 6 heteroatoms. The van der Waals surface area contributed by atoms with Gasteiger partial charge in [-0.25, -0.2) is 0 Å². The van der Waals surface area contributed by atoms with Crippen LogP contribution in [0.1, 0.15) is 110 Å². The van der Waals surface area contributed by atoms with Crippen LogP contribution in [0.5, 0.6) is 0 Å². The van der Waals surface area contributed by atoms with E-state index in [1.165, 1.54) is 70.6 Å². The summed E-state index contributed by atoms with van der Waals surface area (Å²) in [5, 5.41) is 17.3. The lowest BCUT2D eigenvalue weighted by Crippen LogP contribution is -2.08. The van der Waals surface area contributed by atoms with Gasteiger partial charge in [0.2, 0.25) is 0 Å². The molecule has 0 aromatic carbocycles. The van der Waals surface area contributed by atoms with Gasteiger partial charge in [0.25, 0.3) is 0 Å². The number of hydrogen-bond acceptors (Lipinski definition) is 2. The monoisotopic (exact) mass is 414 g/mol. The first-order valence-corrected chi connectivity index (χ1v) is 9.98. The lowest BCUT2D eigenvalue weighted by molar-refractivity contribution is -0.141. The SMILES string of the molecule is CC(CCCCCCCCCCCCCCCCC(=O)O)C(=O)O.Cl.Cl. The number of aliphatic carboxylic acids is 2. The molecule has 0 saturated carbocycles. The van der Waals surface area contributed by atoms with Crippen LogP contribution in [0.25, 0.3) is 0 Å². The van der Waals surface area contributed by atoms with Crippen molar-refractivity contribution >= 4 is 36.8 Å². The van der Waals surface area contributed by atoms with Gasteiger partial charge in [-0.05, 0) is 12.8 Å². The van der Waals surface area contributed by atoms with Crippen LogP contribution in [0.15, 0.2) is 0 Å². The molecule has 0 saturated heterocycles. The van der Waals surface area contributed by atoms with Gasteiger partial charge in [0.05, 0.1) is 5.92 Å². The minimum atomic E-state index is -0.676. The van der Waals surface area contributed by atoms with E-state index in [9.17, 15) is 9.59 Å². The van der Waals surface area contributed by atoms with E-state index in [2.05, 4.69) is 0 Å². The van der Waals surface area contributed by atoms with E-state index in [1.54, 1.807) is 6.92 Å². The summed E-state index contributed by atoms with van der Waals surface area (Å²) < 4.78 is 0. The predicted octanol–water partition coefficient (Wildman–Crippen LogP) is 6.88. The molecule has 0 heterocycles. The average molecular weight is 415 g/mol. The average Bonchev–Trinajstić information content (AvgIpc) is 2.53. The first-order valence-electron chi connectivity index (χ1n) is 9.98. The molecule has 0 aliphatic heterocycles. The Hall–Kier alpha value is -0.480. The number of carboxylic acids is 2. The highest BCUT2D eigenvalue weighted by molar-refractivity contribution is 5.85. The fourth-order valence-electron chi connectivity index (χ4n) is 2.97. The molecule has 0 spiro atoms. The largest absolute Gasteiger partial charge is 0.481 e. The minimum absolute atomic E-state index is 0. The van der Waals surface area contributed by atoms with Gasteiger partial charge >= 0.3 is 11.9 Å². The van der Waals surface area contributed by atoms with E-state index in [1.807, 2.05) is 0 Å². The Balaban J connectivity index is -0.00000264. The van der Waals surface area contributed by atoms with Crippen LogP contribution in [0.2, 0.25) is 0 Å². The van der Waals surface area contributed by atoms with Crippen LogP contribution in [-0.4, -0.2) is 22.2 Å². The maximum Gasteiger partial charge on any atom is 0.306 e. The summed E-state index contributed by atoms with van der Waals surface area (Å²) in [6.07, 6.45) is 18.0. The summed E-state index contributed by atoms with van der Waals surface area (Å²) in [6.45, 7) is 1.79. The Morgan fingerprint density at radius 1 is 0.615 bits per heavy atom. The molecule has 0 aromatic heterocycles. The second-order valence-electron chi connectivity index (χ2n) is 7.12. The number of rotatable bonds is 18. The summed E-state index contributed by atoms with van der Waals surface area (Å²) in [5.41, 5.74) is 0. The molecular formula is C20H40Cl2O4. The molecule has 0 bridgehead atoms. The van der Waals surface area contributed by atoms with Crippen molar-refractivity contribution in [2.24, 2.45) is 5.92 Å². The van der Waals surface area contributed by atoms with Gasteiger partial charge in [-0.15, -0.1) is 24.8 Å². The van der Waals surface area contributed by atoms with E-state index in [4.69, 9.17) is 10.2 Å². The number of hydrogen-bond donors (Lipinski definition) is 2. The van der Waals surface area contributed by atoms with Crippen LogP contribution in [-0.2, 0) is 9.59 Å². The van der Waals surface area contributed by atoms with Crippen molar-refractivity contribution in [3.8, 4) is 0 Å². The van der Waals surface area contributed by atoms with Crippen LogP contribution in [0, 0.1) is 5.92 Å². The zero-order valence-electron chi connectivity index (χ0n) is 16.4. The highest BCUT2D eigenvalue weighted by Crippen LogP contribution is 2.15. The fraction of sp³-hybridized carbons (Fsp3) is 0.900. The minimum Gasteiger partial charge on any atom is -0.481 e. The molecule has 2 N–H and O–H groups in total. The van der Waals surface area contributed by atoms with Crippen molar-refractivity contribution < 1.29 is 19.8 Å².